The number of aromatic nitrogens is 1. The van der Waals surface area contributed by atoms with Crippen LogP contribution in [0.2, 0.25) is 0 Å². The summed E-state index contributed by atoms with van der Waals surface area (Å²) < 4.78 is 29.3. The van der Waals surface area contributed by atoms with Crippen molar-refractivity contribution in [2.24, 2.45) is 0 Å². The predicted molar refractivity (Wildman–Crippen MR) is 122 cm³/mol. The first-order chi connectivity index (χ1) is 15.6. The number of phenols is 1. The molecule has 1 aromatic heterocycles. The van der Waals surface area contributed by atoms with E-state index in [4.69, 9.17) is 4.42 Å². The van der Waals surface area contributed by atoms with Gasteiger partial charge in [-0.3, -0.25) is 4.79 Å². The normalized spacial score (nSPS) is 18.2. The second-order valence-corrected chi connectivity index (χ2v) is 10.4. The molecule has 1 aromatic carbocycles. The summed E-state index contributed by atoms with van der Waals surface area (Å²) in [4.78, 5) is 16.3. The van der Waals surface area contributed by atoms with Crippen molar-refractivity contribution in [2.75, 3.05) is 11.0 Å². The van der Waals surface area contributed by atoms with E-state index in [0.717, 1.165) is 12.5 Å². The highest BCUT2D eigenvalue weighted by Gasteiger charge is 2.50. The Hall–Kier alpha value is -2.40. The molecule has 15 heteroatoms. The van der Waals surface area contributed by atoms with Crippen LogP contribution >= 0.6 is 12.6 Å². The molecule has 2 aromatic rings. The predicted octanol–water partition coefficient (Wildman–Crippen LogP) is -1.31. The van der Waals surface area contributed by atoms with Gasteiger partial charge in [-0.05, 0) is 24.1 Å². The Morgan fingerprint density at radius 2 is 1.79 bits per heavy atom. The van der Waals surface area contributed by atoms with Crippen molar-refractivity contribution >= 4 is 34.6 Å². The number of benzene rings is 1. The van der Waals surface area contributed by atoms with Crippen LogP contribution in [0.5, 0.6) is 5.75 Å². The molecule has 0 fully saturated rings. The minimum absolute atomic E-state index is 0.0801. The maximum atomic E-state index is 12.7. The molecule has 0 radical (unpaired) electrons. The number of hydrogen-bond donors (Lipinski definition) is 9. The molecular formula is C19H27N3O10S2. The molecule has 0 aliphatic carbocycles. The Bertz CT molecular complexity index is 1080. The van der Waals surface area contributed by atoms with E-state index in [1.807, 2.05) is 10.0 Å². The zero-order valence-corrected chi connectivity index (χ0v) is 19.8. The van der Waals surface area contributed by atoms with Gasteiger partial charge in [-0.25, -0.2) is 13.1 Å². The number of carbonyl (C=O) groups is 1. The van der Waals surface area contributed by atoms with Crippen molar-refractivity contribution in [3.63, 3.8) is 0 Å². The van der Waals surface area contributed by atoms with Gasteiger partial charge in [0.1, 0.15) is 30.3 Å². The van der Waals surface area contributed by atoms with Crippen LogP contribution in [0.3, 0.4) is 0 Å². The van der Waals surface area contributed by atoms with Gasteiger partial charge in [0.15, 0.2) is 11.4 Å². The molecule has 1 amide bonds. The van der Waals surface area contributed by atoms with Crippen LogP contribution in [-0.4, -0.2) is 85.5 Å². The Kier molecular flexibility index (Phi) is 8.92. The fourth-order valence-electron chi connectivity index (χ4n) is 3.00. The zero-order chi connectivity index (χ0) is 25.8. The molecule has 0 aliphatic heterocycles. The highest BCUT2D eigenvalue weighted by molar-refractivity contribution is 7.91. The van der Waals surface area contributed by atoms with E-state index >= 15 is 0 Å². The van der Waals surface area contributed by atoms with Crippen molar-refractivity contribution in [1.29, 1.82) is 0 Å². The number of carbonyl (C=O) groups excluding carboxylic acids is 1. The summed E-state index contributed by atoms with van der Waals surface area (Å²) in [6.07, 6.45) is -6.62. The number of sulfonamides is 1. The first-order valence-electron chi connectivity index (χ1n) is 9.81. The van der Waals surface area contributed by atoms with Gasteiger partial charge < -0.3 is 40.4 Å². The number of aliphatic hydroxyl groups is 5. The molecule has 34 heavy (non-hydrogen) atoms. The monoisotopic (exact) mass is 521 g/mol. The average molecular weight is 522 g/mol. The van der Waals surface area contributed by atoms with Gasteiger partial charge in [0.25, 0.3) is 5.91 Å². The lowest BCUT2D eigenvalue weighted by Gasteiger charge is -2.40. The highest BCUT2D eigenvalue weighted by atomic mass is 32.2. The molecule has 0 aliphatic rings. The number of nitrogens with zero attached hydrogens (tertiary/aromatic N) is 1. The number of hydrogen-bond acceptors (Lipinski definition) is 12. The van der Waals surface area contributed by atoms with Gasteiger partial charge in [-0.1, -0.05) is 19.1 Å². The van der Waals surface area contributed by atoms with Gasteiger partial charge in [-0.15, -0.1) is 0 Å². The summed E-state index contributed by atoms with van der Waals surface area (Å²) in [6, 6.07) is 4.15. The van der Waals surface area contributed by atoms with E-state index in [2.05, 4.69) is 17.6 Å². The Morgan fingerprint density at radius 3 is 2.32 bits per heavy atom. The first kappa shape index (κ1) is 27.8. The Balaban J connectivity index is 2.39. The molecule has 2 rings (SSSR count). The number of thiol groups is 1. The minimum Gasteiger partial charge on any atom is -0.508 e. The van der Waals surface area contributed by atoms with Crippen LogP contribution in [0, 0.1) is 0 Å². The van der Waals surface area contributed by atoms with Gasteiger partial charge in [0.05, 0.1) is 12.4 Å². The fourth-order valence-corrected chi connectivity index (χ4v) is 3.63. The number of rotatable bonds is 11. The molecule has 190 valence electrons. The molecule has 6 unspecified atom stereocenters. The summed E-state index contributed by atoms with van der Waals surface area (Å²) in [6.45, 7) is 1.61. The molecule has 0 saturated carbocycles. The lowest BCUT2D eigenvalue weighted by Crippen LogP contribution is -2.65. The molecule has 1 heterocycles. The van der Waals surface area contributed by atoms with Crippen LogP contribution in [-0.2, 0) is 10.0 Å². The molecule has 6 atom stereocenters. The number of aromatic hydroxyl groups is 1. The van der Waals surface area contributed by atoms with Crippen molar-refractivity contribution < 1.29 is 48.3 Å². The topological polar surface area (TPSA) is 223 Å². The highest BCUT2D eigenvalue weighted by Crippen LogP contribution is 2.31. The van der Waals surface area contributed by atoms with Crippen LogP contribution in [0.1, 0.15) is 35.5 Å². The number of phenolic OH excluding ortho intramolecular Hbond substituents is 1. The van der Waals surface area contributed by atoms with Crippen LogP contribution in [0.25, 0.3) is 0 Å². The van der Waals surface area contributed by atoms with Crippen molar-refractivity contribution in [2.45, 2.75) is 48.7 Å². The van der Waals surface area contributed by atoms with E-state index in [1.165, 1.54) is 24.3 Å². The largest absolute Gasteiger partial charge is 0.508 e. The van der Waals surface area contributed by atoms with Gasteiger partial charge in [0, 0.05) is 5.25 Å². The maximum absolute atomic E-state index is 12.7. The molecule has 0 spiro atoms. The SMILES string of the molecule is CC(S)CC(O)C(O)C(O)C(O)(NC(=O)c1coc(NS(C)(=O)=O)n1)C(O)c1ccc(O)cc1. The second-order valence-electron chi connectivity index (χ2n) is 7.77. The fraction of sp³-hybridized carbons (Fsp3) is 0.474. The third kappa shape index (κ3) is 7.05. The second kappa shape index (κ2) is 10.9. The summed E-state index contributed by atoms with van der Waals surface area (Å²) in [5.74, 6) is -1.40. The van der Waals surface area contributed by atoms with E-state index < -0.39 is 63.0 Å². The lowest BCUT2D eigenvalue weighted by molar-refractivity contribution is -0.205. The molecule has 13 nitrogen and oxygen atoms in total. The average Bonchev–Trinajstić information content (AvgIpc) is 3.18. The summed E-state index contributed by atoms with van der Waals surface area (Å²) in [5.41, 5.74) is -3.63. The number of nitrogens with one attached hydrogen (secondary N) is 2. The van der Waals surface area contributed by atoms with Gasteiger partial charge >= 0.3 is 6.01 Å². The summed E-state index contributed by atoms with van der Waals surface area (Å²) in [7, 11) is -3.78. The smallest absolute Gasteiger partial charge is 0.309 e. The zero-order valence-electron chi connectivity index (χ0n) is 18.1. The number of amides is 1. The van der Waals surface area contributed by atoms with E-state index in [-0.39, 0.29) is 17.7 Å². The maximum Gasteiger partial charge on any atom is 0.309 e. The van der Waals surface area contributed by atoms with E-state index in [0.29, 0.717) is 0 Å². The van der Waals surface area contributed by atoms with Crippen LogP contribution < -0.4 is 10.0 Å². The quantitative estimate of drug-likeness (QED) is 0.125. The van der Waals surface area contributed by atoms with Crippen molar-refractivity contribution in [1.82, 2.24) is 10.3 Å². The molecule has 8 N–H and O–H groups in total. The number of anilines is 1. The van der Waals surface area contributed by atoms with Gasteiger partial charge in [-0.2, -0.15) is 17.6 Å². The first-order valence-corrected chi connectivity index (χ1v) is 12.2. The van der Waals surface area contributed by atoms with Crippen molar-refractivity contribution in [3.05, 3.63) is 41.8 Å². The van der Waals surface area contributed by atoms with Crippen molar-refractivity contribution in [3.8, 4) is 5.75 Å². The number of aliphatic hydroxyl groups excluding tert-OH is 4. The lowest BCUT2D eigenvalue weighted by atomic mass is 9.88. The Labute approximate surface area is 200 Å². The number of oxazole rings is 1. The summed E-state index contributed by atoms with van der Waals surface area (Å²) >= 11 is 4.09. The molecule has 0 saturated heterocycles. The van der Waals surface area contributed by atoms with E-state index in [9.17, 15) is 43.9 Å². The van der Waals surface area contributed by atoms with E-state index in [1.54, 1.807) is 6.92 Å². The third-order valence-electron chi connectivity index (χ3n) is 4.70. The standard InChI is InChI=1S/C19H27N3O10S2/c1-9(33)7-13(24)14(25)16(27)19(29,15(26)10-3-5-11(23)6-4-10)21-17(28)12-8-32-18(20-12)22-34(2,30)31/h3-6,8-9,13-16,23-27,29,33H,7H2,1-2H3,(H,20,22)(H,21,28). The van der Waals surface area contributed by atoms with Crippen LogP contribution in [0.15, 0.2) is 34.9 Å². The summed E-state index contributed by atoms with van der Waals surface area (Å²) in [5, 5.41) is 64.3. The molecule has 0 bridgehead atoms. The van der Waals surface area contributed by atoms with Crippen LogP contribution in [0.4, 0.5) is 6.01 Å². The minimum atomic E-state index is -3.78. The molecular weight excluding hydrogens is 494 g/mol. The third-order valence-corrected chi connectivity index (χ3v) is 5.46. The van der Waals surface area contributed by atoms with Gasteiger partial charge in [0.2, 0.25) is 10.0 Å². The Morgan fingerprint density at radius 1 is 1.21 bits per heavy atom.